The van der Waals surface area contributed by atoms with Gasteiger partial charge in [0.15, 0.2) is 0 Å². The van der Waals surface area contributed by atoms with Crippen molar-refractivity contribution >= 4 is 17.5 Å². The summed E-state index contributed by atoms with van der Waals surface area (Å²) < 4.78 is 11.3. The summed E-state index contributed by atoms with van der Waals surface area (Å²) in [6.45, 7) is 3.34. The van der Waals surface area contributed by atoms with Crippen LogP contribution in [-0.4, -0.2) is 30.4 Å². The van der Waals surface area contributed by atoms with Gasteiger partial charge in [-0.15, -0.1) is 0 Å². The summed E-state index contributed by atoms with van der Waals surface area (Å²) in [5.74, 6) is 1.09. The van der Waals surface area contributed by atoms with E-state index in [1.54, 1.807) is 7.11 Å². The van der Waals surface area contributed by atoms with Gasteiger partial charge in [-0.1, -0.05) is 103 Å². The van der Waals surface area contributed by atoms with E-state index in [1.807, 2.05) is 97.9 Å². The lowest BCUT2D eigenvalue weighted by Crippen LogP contribution is -2.44. The molecule has 0 radical (unpaired) electrons. The molecule has 5 aromatic carbocycles. The molecule has 6 nitrogen and oxygen atoms in total. The van der Waals surface area contributed by atoms with Crippen molar-refractivity contribution in [3.05, 3.63) is 167 Å². The number of aliphatic imine (C=N–C) groups is 1. The third-order valence-corrected chi connectivity index (χ3v) is 8.17. The summed E-state index contributed by atoms with van der Waals surface area (Å²) in [6, 6.07) is 46.1. The number of esters is 1. The number of carbonyl (C=O) groups excluding carboxylic acids is 1. The highest BCUT2D eigenvalue weighted by Gasteiger charge is 2.57. The fourth-order valence-electron chi connectivity index (χ4n) is 5.99. The summed E-state index contributed by atoms with van der Waals surface area (Å²) >= 11 is 0. The van der Waals surface area contributed by atoms with Crippen LogP contribution in [0.1, 0.15) is 40.8 Å². The predicted molar refractivity (Wildman–Crippen MR) is 179 cm³/mol. The second-order valence-corrected chi connectivity index (χ2v) is 11.0. The Bertz CT molecular complexity index is 1720. The molecule has 1 aliphatic heterocycles. The van der Waals surface area contributed by atoms with Gasteiger partial charge in [0.05, 0.1) is 19.8 Å². The number of carbonyl (C=O) groups is 1. The van der Waals surface area contributed by atoms with E-state index in [-0.39, 0.29) is 12.6 Å². The van der Waals surface area contributed by atoms with Crippen LogP contribution in [-0.2, 0) is 28.2 Å². The Morgan fingerprint density at radius 3 is 1.98 bits per heavy atom. The van der Waals surface area contributed by atoms with E-state index in [4.69, 9.17) is 14.5 Å². The van der Waals surface area contributed by atoms with Gasteiger partial charge in [-0.05, 0) is 65.6 Å². The lowest BCUT2D eigenvalue weighted by atomic mass is 9.79. The number of benzene rings is 5. The van der Waals surface area contributed by atoms with Crippen LogP contribution in [0.5, 0.6) is 5.75 Å². The Morgan fingerprint density at radius 1 is 0.778 bits per heavy atom. The number of amidine groups is 1. The lowest BCUT2D eigenvalue weighted by molar-refractivity contribution is -0.151. The standard InChI is InChI=1S/C39H37N3O3/c1-3-45-38(43)39(33-17-11-6-12-18-33)36(31-19-23-34(24-20-31)40-27-29-13-7-4-8-14-29)42(28-30-15-9-5-10-16-30)37(41-39)32-21-25-35(44-2)26-22-32/h4-26,36,40H,3,27-28H2,1-2H3/t36-,39+/m1/s1. The van der Waals surface area contributed by atoms with Gasteiger partial charge >= 0.3 is 5.97 Å². The molecule has 6 heteroatoms. The molecule has 0 saturated carbocycles. The van der Waals surface area contributed by atoms with E-state index in [2.05, 4.69) is 58.7 Å². The van der Waals surface area contributed by atoms with E-state index in [9.17, 15) is 4.79 Å². The zero-order valence-corrected chi connectivity index (χ0v) is 25.6. The number of methoxy groups -OCH3 is 1. The molecular formula is C39H37N3O3. The fraction of sp³-hybridized carbons (Fsp3) is 0.179. The smallest absolute Gasteiger partial charge is 0.341 e. The zero-order valence-electron chi connectivity index (χ0n) is 25.6. The van der Waals surface area contributed by atoms with Crippen LogP contribution in [0.4, 0.5) is 5.69 Å². The molecule has 0 bridgehead atoms. The molecule has 5 aromatic rings. The number of nitrogens with one attached hydrogen (secondary N) is 1. The Morgan fingerprint density at radius 2 is 1.38 bits per heavy atom. The molecule has 0 unspecified atom stereocenters. The molecule has 0 saturated heterocycles. The predicted octanol–water partition coefficient (Wildman–Crippen LogP) is 7.77. The van der Waals surface area contributed by atoms with Gasteiger partial charge in [-0.25, -0.2) is 9.79 Å². The maximum absolute atomic E-state index is 14.4. The summed E-state index contributed by atoms with van der Waals surface area (Å²) in [5.41, 5.74) is 4.59. The van der Waals surface area contributed by atoms with Crippen LogP contribution in [0, 0.1) is 0 Å². The van der Waals surface area contributed by atoms with E-state index in [1.165, 1.54) is 5.56 Å². The average molecular weight is 596 g/mol. The van der Waals surface area contributed by atoms with Gasteiger partial charge in [0, 0.05) is 24.3 Å². The summed E-state index contributed by atoms with van der Waals surface area (Å²) in [4.78, 5) is 22.0. The van der Waals surface area contributed by atoms with Crippen molar-refractivity contribution in [3.8, 4) is 5.75 Å². The maximum Gasteiger partial charge on any atom is 0.341 e. The quantitative estimate of drug-likeness (QED) is 0.158. The highest BCUT2D eigenvalue weighted by molar-refractivity contribution is 6.04. The molecule has 2 atom stereocenters. The van der Waals surface area contributed by atoms with Crippen molar-refractivity contribution in [3.63, 3.8) is 0 Å². The monoisotopic (exact) mass is 595 g/mol. The van der Waals surface area contributed by atoms with Gasteiger partial charge in [0.2, 0.25) is 5.54 Å². The normalized spacial score (nSPS) is 17.4. The second-order valence-electron chi connectivity index (χ2n) is 11.0. The first-order valence-electron chi connectivity index (χ1n) is 15.3. The summed E-state index contributed by atoms with van der Waals surface area (Å²) in [5, 5.41) is 3.52. The Kier molecular flexibility index (Phi) is 8.92. The van der Waals surface area contributed by atoms with Crippen LogP contribution in [0.25, 0.3) is 0 Å². The van der Waals surface area contributed by atoms with Crippen molar-refractivity contribution in [2.45, 2.75) is 31.6 Å². The van der Waals surface area contributed by atoms with Gasteiger partial charge < -0.3 is 19.7 Å². The number of rotatable bonds is 11. The van der Waals surface area contributed by atoms with Crippen LogP contribution < -0.4 is 10.1 Å². The number of ether oxygens (including phenoxy) is 2. The average Bonchev–Trinajstić information content (AvgIpc) is 3.44. The van der Waals surface area contributed by atoms with Crippen molar-refractivity contribution < 1.29 is 14.3 Å². The first kappa shape index (κ1) is 29.7. The molecule has 0 spiro atoms. The Hall–Kier alpha value is -5.36. The van der Waals surface area contributed by atoms with E-state index >= 15 is 0 Å². The second kappa shape index (κ2) is 13.5. The lowest BCUT2D eigenvalue weighted by Gasteiger charge is -2.37. The SMILES string of the molecule is CCOC(=O)[C@@]1(c2ccccc2)N=C(c2ccc(OC)cc2)N(Cc2ccccc2)[C@@H]1c1ccc(NCc2ccccc2)cc1. The highest BCUT2D eigenvalue weighted by Crippen LogP contribution is 2.50. The molecule has 0 amide bonds. The molecule has 6 rings (SSSR count). The minimum atomic E-state index is -1.35. The third kappa shape index (κ3) is 6.18. The molecule has 1 aliphatic rings. The molecular weight excluding hydrogens is 558 g/mol. The minimum Gasteiger partial charge on any atom is -0.497 e. The van der Waals surface area contributed by atoms with Crippen molar-refractivity contribution in [1.29, 1.82) is 0 Å². The van der Waals surface area contributed by atoms with Crippen LogP contribution in [0.15, 0.2) is 145 Å². The maximum atomic E-state index is 14.4. The first-order chi connectivity index (χ1) is 22.1. The molecule has 0 aromatic heterocycles. The Labute approximate surface area is 265 Å². The van der Waals surface area contributed by atoms with Crippen LogP contribution in [0.3, 0.4) is 0 Å². The van der Waals surface area contributed by atoms with Crippen LogP contribution in [0.2, 0.25) is 0 Å². The van der Waals surface area contributed by atoms with E-state index < -0.39 is 11.6 Å². The summed E-state index contributed by atoms with van der Waals surface area (Å²) in [6.07, 6.45) is 0. The molecule has 0 fully saturated rings. The number of nitrogens with zero attached hydrogens (tertiary/aromatic N) is 2. The van der Waals surface area contributed by atoms with Crippen molar-refractivity contribution in [1.82, 2.24) is 4.90 Å². The van der Waals surface area contributed by atoms with E-state index in [0.717, 1.165) is 39.5 Å². The molecule has 1 heterocycles. The highest BCUT2D eigenvalue weighted by atomic mass is 16.5. The zero-order chi connectivity index (χ0) is 31.1. The topological polar surface area (TPSA) is 63.2 Å². The molecule has 226 valence electrons. The van der Waals surface area contributed by atoms with Crippen LogP contribution >= 0.6 is 0 Å². The Balaban J connectivity index is 1.50. The van der Waals surface area contributed by atoms with Gasteiger partial charge in [-0.3, -0.25) is 0 Å². The van der Waals surface area contributed by atoms with Crippen molar-refractivity contribution in [2.75, 3.05) is 19.0 Å². The first-order valence-corrected chi connectivity index (χ1v) is 15.3. The third-order valence-electron chi connectivity index (χ3n) is 8.17. The molecule has 45 heavy (non-hydrogen) atoms. The number of hydrogen-bond donors (Lipinski definition) is 1. The molecule has 1 N–H and O–H groups in total. The fourth-order valence-corrected chi connectivity index (χ4v) is 5.99. The van der Waals surface area contributed by atoms with Gasteiger partial charge in [-0.2, -0.15) is 0 Å². The van der Waals surface area contributed by atoms with Gasteiger partial charge in [0.25, 0.3) is 0 Å². The number of anilines is 1. The van der Waals surface area contributed by atoms with Crippen molar-refractivity contribution in [2.24, 2.45) is 4.99 Å². The summed E-state index contributed by atoms with van der Waals surface area (Å²) in [7, 11) is 1.65. The minimum absolute atomic E-state index is 0.245. The largest absolute Gasteiger partial charge is 0.497 e. The molecule has 0 aliphatic carbocycles. The van der Waals surface area contributed by atoms with Gasteiger partial charge in [0.1, 0.15) is 11.6 Å². The number of hydrogen-bond acceptors (Lipinski definition) is 6. The van der Waals surface area contributed by atoms with E-state index in [0.29, 0.717) is 13.1 Å².